The quantitative estimate of drug-likeness (QED) is 0.749. The number of aliphatic hydroxyl groups is 1. The topological polar surface area (TPSA) is 47.9 Å². The Kier molecular flexibility index (Phi) is 6.60. The molecule has 1 N–H and O–H groups in total. The van der Waals surface area contributed by atoms with Gasteiger partial charge in [-0.2, -0.15) is 13.2 Å². The maximum atomic E-state index is 11.8. The van der Waals surface area contributed by atoms with Crippen LogP contribution in [0.15, 0.2) is 18.2 Å². The summed E-state index contributed by atoms with van der Waals surface area (Å²) in [5.74, 6) is 0.862. The molecule has 0 radical (unpaired) electrons. The molecule has 0 heterocycles. The van der Waals surface area contributed by atoms with Crippen LogP contribution in [0.2, 0.25) is 0 Å². The molecular formula is C13H17F3O4. The van der Waals surface area contributed by atoms with Gasteiger partial charge in [-0.1, -0.05) is 12.1 Å². The predicted octanol–water partition coefficient (Wildman–Crippen LogP) is 2.54. The maximum Gasteiger partial charge on any atom is 0.411 e. The Balaban J connectivity index is 2.38. The molecule has 1 aromatic carbocycles. The molecule has 0 amide bonds. The molecule has 0 aliphatic heterocycles. The van der Waals surface area contributed by atoms with E-state index in [1.165, 1.54) is 7.11 Å². The number of methoxy groups -OCH3 is 1. The fourth-order valence-corrected chi connectivity index (χ4v) is 1.53. The van der Waals surface area contributed by atoms with Gasteiger partial charge in [0.2, 0.25) is 0 Å². The van der Waals surface area contributed by atoms with Gasteiger partial charge in [0.25, 0.3) is 0 Å². The molecule has 1 aromatic rings. The summed E-state index contributed by atoms with van der Waals surface area (Å²) in [5, 5.41) is 9.18. The number of hydrogen-bond acceptors (Lipinski definition) is 4. The van der Waals surface area contributed by atoms with Gasteiger partial charge in [-0.05, 0) is 6.07 Å². The Bertz CT molecular complexity index is 385. The van der Waals surface area contributed by atoms with Crippen molar-refractivity contribution in [3.05, 3.63) is 23.8 Å². The van der Waals surface area contributed by atoms with Gasteiger partial charge >= 0.3 is 6.18 Å². The first-order chi connectivity index (χ1) is 9.48. The van der Waals surface area contributed by atoms with Crippen LogP contribution < -0.4 is 9.47 Å². The minimum atomic E-state index is -4.31. The lowest BCUT2D eigenvalue weighted by Crippen LogP contribution is -2.18. The van der Waals surface area contributed by atoms with E-state index in [1.807, 2.05) is 0 Å². The van der Waals surface area contributed by atoms with E-state index in [0.29, 0.717) is 23.5 Å². The Morgan fingerprint density at radius 2 is 1.95 bits per heavy atom. The molecule has 0 aliphatic carbocycles. The van der Waals surface area contributed by atoms with Crippen LogP contribution >= 0.6 is 0 Å². The number of para-hydroxylation sites is 1. The van der Waals surface area contributed by atoms with Crippen LogP contribution in [0.4, 0.5) is 13.2 Å². The molecule has 114 valence electrons. The molecule has 1 rings (SSSR count). The van der Waals surface area contributed by atoms with Gasteiger partial charge in [-0.15, -0.1) is 0 Å². The van der Waals surface area contributed by atoms with Crippen molar-refractivity contribution in [2.24, 2.45) is 0 Å². The highest BCUT2D eigenvalue weighted by Crippen LogP contribution is 2.31. The van der Waals surface area contributed by atoms with Gasteiger partial charge in [0, 0.05) is 12.0 Å². The molecule has 0 fully saturated rings. The van der Waals surface area contributed by atoms with Crippen molar-refractivity contribution in [2.75, 3.05) is 26.9 Å². The molecular weight excluding hydrogens is 277 g/mol. The molecule has 0 aliphatic rings. The molecule has 0 unspecified atom stereocenters. The van der Waals surface area contributed by atoms with Crippen LogP contribution in [0.25, 0.3) is 0 Å². The average molecular weight is 294 g/mol. The van der Waals surface area contributed by atoms with Gasteiger partial charge in [0.1, 0.15) is 6.61 Å². The monoisotopic (exact) mass is 294 g/mol. The van der Waals surface area contributed by atoms with Crippen LogP contribution in [0.5, 0.6) is 11.5 Å². The van der Waals surface area contributed by atoms with Crippen molar-refractivity contribution in [3.8, 4) is 11.5 Å². The van der Waals surface area contributed by atoms with Crippen LogP contribution in [0.3, 0.4) is 0 Å². The van der Waals surface area contributed by atoms with E-state index in [1.54, 1.807) is 18.2 Å². The maximum absolute atomic E-state index is 11.8. The lowest BCUT2D eigenvalue weighted by atomic mass is 10.2. The highest BCUT2D eigenvalue weighted by atomic mass is 19.4. The third kappa shape index (κ3) is 5.66. The Morgan fingerprint density at radius 1 is 1.20 bits per heavy atom. The minimum Gasteiger partial charge on any atom is -0.493 e. The number of benzene rings is 1. The van der Waals surface area contributed by atoms with Crippen molar-refractivity contribution in [2.45, 2.75) is 19.2 Å². The molecule has 0 saturated heterocycles. The van der Waals surface area contributed by atoms with Crippen molar-refractivity contribution >= 4 is 0 Å². The van der Waals surface area contributed by atoms with E-state index in [9.17, 15) is 18.3 Å². The summed E-state index contributed by atoms with van der Waals surface area (Å²) in [4.78, 5) is 0. The molecule has 4 nitrogen and oxygen atoms in total. The normalized spacial score (nSPS) is 11.4. The van der Waals surface area contributed by atoms with Crippen LogP contribution in [0, 0.1) is 0 Å². The largest absolute Gasteiger partial charge is 0.493 e. The molecule has 0 spiro atoms. The Hall–Kier alpha value is -1.47. The number of ether oxygens (including phenoxy) is 3. The fourth-order valence-electron chi connectivity index (χ4n) is 1.53. The van der Waals surface area contributed by atoms with Gasteiger partial charge in [0.15, 0.2) is 11.5 Å². The molecule has 0 saturated carbocycles. The smallest absolute Gasteiger partial charge is 0.411 e. The second-order valence-electron chi connectivity index (χ2n) is 3.98. The summed E-state index contributed by atoms with van der Waals surface area (Å²) in [6.45, 7) is -1.35. The van der Waals surface area contributed by atoms with Gasteiger partial charge in [-0.3, -0.25) is 0 Å². The van der Waals surface area contributed by atoms with Gasteiger partial charge < -0.3 is 19.3 Å². The SMILES string of the molecule is COc1cccc(CO)c1OCCCOCC(F)(F)F. The Labute approximate surface area is 115 Å². The van der Waals surface area contributed by atoms with E-state index in [2.05, 4.69) is 4.74 Å². The number of aliphatic hydroxyl groups excluding tert-OH is 1. The lowest BCUT2D eigenvalue weighted by Gasteiger charge is -2.14. The summed E-state index contributed by atoms with van der Waals surface area (Å²) in [6.07, 6.45) is -4.01. The molecule has 0 bridgehead atoms. The Morgan fingerprint density at radius 3 is 2.55 bits per heavy atom. The summed E-state index contributed by atoms with van der Waals surface area (Å²) < 4.78 is 50.5. The van der Waals surface area contributed by atoms with Crippen LogP contribution in [-0.2, 0) is 11.3 Å². The van der Waals surface area contributed by atoms with Crippen molar-refractivity contribution in [1.29, 1.82) is 0 Å². The summed E-state index contributed by atoms with van der Waals surface area (Å²) >= 11 is 0. The standard InChI is InChI=1S/C13H17F3O4/c1-18-11-5-2-4-10(8-17)12(11)20-7-3-6-19-9-13(14,15)16/h2,4-5,17H,3,6-9H2,1H3. The molecule has 7 heteroatoms. The van der Waals surface area contributed by atoms with E-state index in [4.69, 9.17) is 9.47 Å². The minimum absolute atomic E-state index is 0.0525. The lowest BCUT2D eigenvalue weighted by molar-refractivity contribution is -0.174. The first kappa shape index (κ1) is 16.6. The summed E-state index contributed by atoms with van der Waals surface area (Å²) in [5.41, 5.74) is 0.556. The second-order valence-corrected chi connectivity index (χ2v) is 3.98. The van der Waals surface area contributed by atoms with Crippen molar-refractivity contribution < 1.29 is 32.5 Å². The summed E-state index contributed by atoms with van der Waals surface area (Å²) in [6, 6.07) is 5.07. The highest BCUT2D eigenvalue weighted by molar-refractivity contribution is 5.46. The van der Waals surface area contributed by atoms with E-state index in [-0.39, 0.29) is 19.8 Å². The first-order valence-corrected chi connectivity index (χ1v) is 6.02. The van der Waals surface area contributed by atoms with Crippen molar-refractivity contribution in [1.82, 2.24) is 0 Å². The van der Waals surface area contributed by atoms with Gasteiger partial charge in [-0.25, -0.2) is 0 Å². The first-order valence-electron chi connectivity index (χ1n) is 6.02. The third-order valence-electron chi connectivity index (χ3n) is 2.40. The highest BCUT2D eigenvalue weighted by Gasteiger charge is 2.27. The summed E-state index contributed by atoms with van der Waals surface area (Å²) in [7, 11) is 1.47. The van der Waals surface area contributed by atoms with Crippen molar-refractivity contribution in [3.63, 3.8) is 0 Å². The van der Waals surface area contributed by atoms with Gasteiger partial charge in [0.05, 0.1) is 26.9 Å². The third-order valence-corrected chi connectivity index (χ3v) is 2.40. The zero-order valence-corrected chi connectivity index (χ0v) is 11.1. The average Bonchev–Trinajstić information content (AvgIpc) is 2.41. The molecule has 0 aromatic heterocycles. The number of hydrogen-bond donors (Lipinski definition) is 1. The number of alkyl halides is 3. The van der Waals surface area contributed by atoms with Crippen LogP contribution in [0.1, 0.15) is 12.0 Å². The second kappa shape index (κ2) is 7.96. The number of rotatable bonds is 8. The van der Waals surface area contributed by atoms with Crippen LogP contribution in [-0.4, -0.2) is 38.2 Å². The van der Waals surface area contributed by atoms with E-state index >= 15 is 0 Å². The zero-order valence-electron chi connectivity index (χ0n) is 11.1. The zero-order chi connectivity index (χ0) is 15.0. The molecule has 20 heavy (non-hydrogen) atoms. The van der Waals surface area contributed by atoms with E-state index < -0.39 is 12.8 Å². The molecule has 0 atom stereocenters. The number of halogens is 3. The predicted molar refractivity (Wildman–Crippen MR) is 65.9 cm³/mol. The fraction of sp³-hybridized carbons (Fsp3) is 0.538. The van der Waals surface area contributed by atoms with E-state index in [0.717, 1.165) is 0 Å².